The van der Waals surface area contributed by atoms with Crippen molar-refractivity contribution >= 4 is 5.82 Å². The number of nitrogens with zero attached hydrogens (tertiary/aromatic N) is 2. The molecule has 0 amide bonds. The summed E-state index contributed by atoms with van der Waals surface area (Å²) >= 11 is 0. The van der Waals surface area contributed by atoms with Gasteiger partial charge in [0.1, 0.15) is 17.8 Å². The molecule has 0 bridgehead atoms. The van der Waals surface area contributed by atoms with Crippen LogP contribution in [-0.4, -0.2) is 9.97 Å². The van der Waals surface area contributed by atoms with Crippen molar-refractivity contribution in [1.82, 2.24) is 9.97 Å². The summed E-state index contributed by atoms with van der Waals surface area (Å²) in [6.45, 7) is 2.02. The Hall–Kier alpha value is -1.88. The van der Waals surface area contributed by atoms with Crippen molar-refractivity contribution in [2.75, 3.05) is 5.43 Å². The smallest absolute Gasteiger partial charge is 0.152 e. The van der Waals surface area contributed by atoms with Gasteiger partial charge in [0.25, 0.3) is 0 Å². The Morgan fingerprint density at radius 2 is 2.33 bits per heavy atom. The molecule has 0 atom stereocenters. The molecule has 5 nitrogen and oxygen atoms in total. The van der Waals surface area contributed by atoms with Crippen LogP contribution in [0.15, 0.2) is 29.1 Å². The van der Waals surface area contributed by atoms with Crippen LogP contribution in [0.2, 0.25) is 0 Å². The zero-order valence-corrected chi connectivity index (χ0v) is 8.40. The van der Waals surface area contributed by atoms with Crippen molar-refractivity contribution in [3.63, 3.8) is 0 Å². The highest BCUT2D eigenvalue weighted by molar-refractivity contribution is 5.63. The van der Waals surface area contributed by atoms with E-state index in [2.05, 4.69) is 15.4 Å². The highest BCUT2D eigenvalue weighted by atomic mass is 16.3. The molecule has 0 unspecified atom stereocenters. The normalized spacial score (nSPS) is 10.3. The molecule has 2 rings (SSSR count). The minimum atomic E-state index is 0.638. The van der Waals surface area contributed by atoms with E-state index in [1.165, 1.54) is 6.33 Å². The SMILES string of the molecule is CCc1c(NN)ncnc1-c1ccco1. The zero-order chi connectivity index (χ0) is 10.7. The van der Waals surface area contributed by atoms with Crippen LogP contribution in [0.25, 0.3) is 11.5 Å². The molecular formula is C10H12N4O. The molecule has 5 heteroatoms. The molecule has 0 saturated carbocycles. The highest BCUT2D eigenvalue weighted by Gasteiger charge is 2.12. The van der Waals surface area contributed by atoms with Crippen molar-refractivity contribution < 1.29 is 4.42 Å². The number of nitrogens with one attached hydrogen (secondary N) is 1. The molecule has 0 aromatic carbocycles. The number of rotatable bonds is 3. The summed E-state index contributed by atoms with van der Waals surface area (Å²) in [4.78, 5) is 8.25. The molecule has 2 aromatic rings. The summed E-state index contributed by atoms with van der Waals surface area (Å²) in [5.74, 6) is 6.74. The summed E-state index contributed by atoms with van der Waals surface area (Å²) in [7, 11) is 0. The number of nitrogens with two attached hydrogens (primary N) is 1. The molecule has 15 heavy (non-hydrogen) atoms. The van der Waals surface area contributed by atoms with E-state index in [1.807, 2.05) is 19.1 Å². The van der Waals surface area contributed by atoms with E-state index in [1.54, 1.807) is 6.26 Å². The van der Waals surface area contributed by atoms with Gasteiger partial charge in [0.05, 0.1) is 6.26 Å². The van der Waals surface area contributed by atoms with Gasteiger partial charge in [0.2, 0.25) is 0 Å². The molecule has 3 N–H and O–H groups in total. The maximum atomic E-state index is 5.38. The largest absolute Gasteiger partial charge is 0.463 e. The lowest BCUT2D eigenvalue weighted by Gasteiger charge is -2.08. The number of furan rings is 1. The Labute approximate surface area is 87.3 Å². The van der Waals surface area contributed by atoms with Gasteiger partial charge >= 0.3 is 0 Å². The second kappa shape index (κ2) is 4.10. The van der Waals surface area contributed by atoms with Crippen molar-refractivity contribution in [1.29, 1.82) is 0 Å². The summed E-state index contributed by atoms with van der Waals surface area (Å²) in [5.41, 5.74) is 4.29. The summed E-state index contributed by atoms with van der Waals surface area (Å²) in [6, 6.07) is 3.69. The van der Waals surface area contributed by atoms with Crippen molar-refractivity contribution in [3.8, 4) is 11.5 Å². The average Bonchev–Trinajstić information content (AvgIpc) is 2.81. The molecule has 2 aromatic heterocycles. The van der Waals surface area contributed by atoms with Gasteiger partial charge in [-0.1, -0.05) is 6.92 Å². The molecule has 2 heterocycles. The van der Waals surface area contributed by atoms with Crippen LogP contribution in [0, 0.1) is 0 Å². The average molecular weight is 204 g/mol. The fourth-order valence-electron chi connectivity index (χ4n) is 1.50. The fraction of sp³-hybridized carbons (Fsp3) is 0.200. The second-order valence-corrected chi connectivity index (χ2v) is 3.02. The van der Waals surface area contributed by atoms with Gasteiger partial charge in [-0.05, 0) is 18.6 Å². The highest BCUT2D eigenvalue weighted by Crippen LogP contribution is 2.25. The van der Waals surface area contributed by atoms with E-state index >= 15 is 0 Å². The van der Waals surface area contributed by atoms with E-state index in [0.717, 1.165) is 23.4 Å². The minimum Gasteiger partial charge on any atom is -0.463 e. The Kier molecular flexibility index (Phi) is 2.64. The summed E-state index contributed by atoms with van der Waals surface area (Å²) < 4.78 is 5.30. The number of hydrogen-bond donors (Lipinski definition) is 2. The van der Waals surface area contributed by atoms with Crippen LogP contribution in [-0.2, 0) is 6.42 Å². The first-order valence-electron chi connectivity index (χ1n) is 4.71. The topological polar surface area (TPSA) is 77.0 Å². The van der Waals surface area contributed by atoms with Crippen LogP contribution in [0.1, 0.15) is 12.5 Å². The monoisotopic (exact) mass is 204 g/mol. The van der Waals surface area contributed by atoms with Gasteiger partial charge < -0.3 is 9.84 Å². The Bertz CT molecular complexity index is 439. The number of nitrogen functional groups attached to an aromatic ring is 1. The Balaban J connectivity index is 2.56. The van der Waals surface area contributed by atoms with E-state index in [9.17, 15) is 0 Å². The Morgan fingerprint density at radius 3 is 2.93 bits per heavy atom. The maximum Gasteiger partial charge on any atom is 0.152 e. The number of anilines is 1. The first-order chi connectivity index (χ1) is 7.36. The first-order valence-corrected chi connectivity index (χ1v) is 4.71. The van der Waals surface area contributed by atoms with E-state index < -0.39 is 0 Å². The molecule has 0 spiro atoms. The standard InChI is InChI=1S/C10H12N4O/c1-2-7-9(8-4-3-5-15-8)12-6-13-10(7)14-11/h3-6H,2,11H2,1H3,(H,12,13,14). The van der Waals surface area contributed by atoms with E-state index in [0.29, 0.717) is 5.82 Å². The van der Waals surface area contributed by atoms with Crippen molar-refractivity contribution in [2.45, 2.75) is 13.3 Å². The van der Waals surface area contributed by atoms with Crippen molar-refractivity contribution in [2.24, 2.45) is 5.84 Å². The van der Waals surface area contributed by atoms with Gasteiger partial charge in [0.15, 0.2) is 5.76 Å². The third-order valence-electron chi connectivity index (χ3n) is 2.19. The predicted octanol–water partition coefficient (Wildman–Crippen LogP) is 1.58. The van der Waals surface area contributed by atoms with Crippen LogP contribution in [0.3, 0.4) is 0 Å². The lowest BCUT2D eigenvalue weighted by molar-refractivity contribution is 0.579. The molecule has 0 saturated heterocycles. The molecular weight excluding hydrogens is 192 g/mol. The van der Waals surface area contributed by atoms with Crippen LogP contribution in [0.5, 0.6) is 0 Å². The van der Waals surface area contributed by atoms with Gasteiger partial charge in [-0.25, -0.2) is 15.8 Å². The lowest BCUT2D eigenvalue weighted by atomic mass is 10.1. The van der Waals surface area contributed by atoms with Crippen molar-refractivity contribution in [3.05, 3.63) is 30.3 Å². The molecule has 0 radical (unpaired) electrons. The van der Waals surface area contributed by atoms with Gasteiger partial charge in [0, 0.05) is 5.56 Å². The predicted molar refractivity (Wildman–Crippen MR) is 56.9 cm³/mol. The van der Waals surface area contributed by atoms with Crippen LogP contribution in [0.4, 0.5) is 5.82 Å². The molecule has 0 aliphatic rings. The molecule has 0 aliphatic carbocycles. The number of aromatic nitrogens is 2. The lowest BCUT2D eigenvalue weighted by Crippen LogP contribution is -2.12. The maximum absolute atomic E-state index is 5.38. The summed E-state index contributed by atoms with van der Waals surface area (Å²) in [6.07, 6.45) is 3.87. The molecule has 78 valence electrons. The van der Waals surface area contributed by atoms with Crippen LogP contribution >= 0.6 is 0 Å². The van der Waals surface area contributed by atoms with Gasteiger partial charge in [-0.3, -0.25) is 0 Å². The Morgan fingerprint density at radius 1 is 1.47 bits per heavy atom. The summed E-state index contributed by atoms with van der Waals surface area (Å²) in [5, 5.41) is 0. The van der Waals surface area contributed by atoms with Crippen LogP contribution < -0.4 is 11.3 Å². The third kappa shape index (κ3) is 1.69. The minimum absolute atomic E-state index is 0.638. The fourth-order valence-corrected chi connectivity index (χ4v) is 1.50. The van der Waals surface area contributed by atoms with Gasteiger partial charge in [-0.2, -0.15) is 0 Å². The molecule has 0 fully saturated rings. The quantitative estimate of drug-likeness (QED) is 0.586. The number of hydrogen-bond acceptors (Lipinski definition) is 5. The third-order valence-corrected chi connectivity index (χ3v) is 2.19. The number of hydrazine groups is 1. The molecule has 0 aliphatic heterocycles. The van der Waals surface area contributed by atoms with E-state index in [4.69, 9.17) is 10.3 Å². The van der Waals surface area contributed by atoms with E-state index in [-0.39, 0.29) is 0 Å². The second-order valence-electron chi connectivity index (χ2n) is 3.02. The van der Waals surface area contributed by atoms with Gasteiger partial charge in [-0.15, -0.1) is 0 Å². The first kappa shape index (κ1) is 9.67. The zero-order valence-electron chi connectivity index (χ0n) is 8.40.